The predicted octanol–water partition coefficient (Wildman–Crippen LogP) is 2.39. The third kappa shape index (κ3) is 6.03. The summed E-state index contributed by atoms with van der Waals surface area (Å²) in [5, 5.41) is 0. The average molecular weight is 262 g/mol. The number of hydrogen-bond donors (Lipinski definition) is 0. The summed E-state index contributed by atoms with van der Waals surface area (Å²) in [6.45, 7) is 7.97. The molecule has 1 unspecified atom stereocenters. The summed E-state index contributed by atoms with van der Waals surface area (Å²) in [4.78, 5) is 11.4. The lowest BCUT2D eigenvalue weighted by Crippen LogP contribution is -2.32. The molecule has 0 aromatic heterocycles. The standard InChI is InChI=1S/C11H22O3SSi/c1-16(2,3)7-5-13-9-14-11-8-15-6-4-10(11)12/h11H,4-9H2,1-3H3. The zero-order chi connectivity index (χ0) is 12.0. The Hall–Kier alpha value is 0.157. The second-order valence-electron chi connectivity index (χ2n) is 5.28. The fraction of sp³-hybridized carbons (Fsp3) is 0.909. The molecule has 0 bridgehead atoms. The molecule has 1 heterocycles. The monoisotopic (exact) mass is 262 g/mol. The Kier molecular flexibility index (Phi) is 6.03. The number of carbonyl (C=O) groups is 1. The zero-order valence-corrected chi connectivity index (χ0v) is 12.3. The highest BCUT2D eigenvalue weighted by atomic mass is 32.2. The quantitative estimate of drug-likeness (QED) is 0.418. The number of Topliss-reactive ketones (excluding diaryl/α,β-unsaturated/α-hetero) is 1. The molecule has 0 aromatic carbocycles. The normalized spacial score (nSPS) is 22.4. The molecule has 1 aliphatic heterocycles. The van der Waals surface area contributed by atoms with Gasteiger partial charge in [0.05, 0.1) is 0 Å². The van der Waals surface area contributed by atoms with Crippen LogP contribution in [0.4, 0.5) is 0 Å². The lowest BCUT2D eigenvalue weighted by molar-refractivity contribution is -0.139. The fourth-order valence-electron chi connectivity index (χ4n) is 1.33. The molecule has 0 aromatic rings. The average Bonchev–Trinajstić information content (AvgIpc) is 2.18. The third-order valence-corrected chi connectivity index (χ3v) is 5.21. The Balaban J connectivity index is 2.04. The van der Waals surface area contributed by atoms with E-state index >= 15 is 0 Å². The smallest absolute Gasteiger partial charge is 0.163 e. The molecule has 16 heavy (non-hydrogen) atoms. The molecule has 0 N–H and O–H groups in total. The van der Waals surface area contributed by atoms with E-state index in [2.05, 4.69) is 19.6 Å². The van der Waals surface area contributed by atoms with Crippen LogP contribution >= 0.6 is 11.8 Å². The second-order valence-corrected chi connectivity index (χ2v) is 12.1. The second kappa shape index (κ2) is 6.79. The van der Waals surface area contributed by atoms with Crippen molar-refractivity contribution in [1.29, 1.82) is 0 Å². The number of ketones is 1. The van der Waals surface area contributed by atoms with E-state index < -0.39 is 8.07 Å². The zero-order valence-electron chi connectivity index (χ0n) is 10.5. The third-order valence-electron chi connectivity index (χ3n) is 2.47. The number of carbonyl (C=O) groups excluding carboxylic acids is 1. The van der Waals surface area contributed by atoms with Crippen molar-refractivity contribution in [3.8, 4) is 0 Å². The van der Waals surface area contributed by atoms with Crippen molar-refractivity contribution in [2.75, 3.05) is 24.9 Å². The maximum Gasteiger partial charge on any atom is 0.163 e. The van der Waals surface area contributed by atoms with E-state index in [1.165, 1.54) is 0 Å². The van der Waals surface area contributed by atoms with Gasteiger partial charge < -0.3 is 9.47 Å². The minimum absolute atomic E-state index is 0.229. The molecule has 94 valence electrons. The maximum atomic E-state index is 11.4. The molecule has 0 radical (unpaired) electrons. The lowest BCUT2D eigenvalue weighted by atomic mass is 10.2. The first kappa shape index (κ1) is 14.2. The SMILES string of the molecule is C[Si](C)(C)CCOCOC1CSCCC1=O. The van der Waals surface area contributed by atoms with Gasteiger partial charge in [0, 0.05) is 32.6 Å². The van der Waals surface area contributed by atoms with E-state index in [0.29, 0.717) is 6.42 Å². The molecule has 1 aliphatic rings. The van der Waals surface area contributed by atoms with E-state index in [9.17, 15) is 4.79 Å². The Bertz CT molecular complexity index is 228. The minimum Gasteiger partial charge on any atom is -0.356 e. The molecule has 3 nitrogen and oxygen atoms in total. The van der Waals surface area contributed by atoms with Gasteiger partial charge in [0.2, 0.25) is 0 Å². The number of ether oxygens (including phenoxy) is 2. The number of hydrogen-bond acceptors (Lipinski definition) is 4. The summed E-state index contributed by atoms with van der Waals surface area (Å²) in [6, 6.07) is 1.14. The van der Waals surface area contributed by atoms with Crippen molar-refractivity contribution in [2.45, 2.75) is 38.2 Å². The van der Waals surface area contributed by atoms with E-state index in [1.807, 2.05) is 0 Å². The van der Waals surface area contributed by atoms with E-state index in [-0.39, 0.29) is 18.7 Å². The van der Waals surface area contributed by atoms with Crippen LogP contribution in [0, 0.1) is 0 Å². The van der Waals surface area contributed by atoms with Gasteiger partial charge in [0.1, 0.15) is 12.9 Å². The molecular weight excluding hydrogens is 240 g/mol. The highest BCUT2D eigenvalue weighted by Crippen LogP contribution is 2.16. The van der Waals surface area contributed by atoms with Gasteiger partial charge in [-0.25, -0.2) is 0 Å². The maximum absolute atomic E-state index is 11.4. The first-order chi connectivity index (χ1) is 7.49. The van der Waals surface area contributed by atoms with Crippen LogP contribution in [0.2, 0.25) is 25.7 Å². The largest absolute Gasteiger partial charge is 0.356 e. The van der Waals surface area contributed by atoms with Gasteiger partial charge in [-0.3, -0.25) is 4.79 Å². The van der Waals surface area contributed by atoms with E-state index in [4.69, 9.17) is 9.47 Å². The van der Waals surface area contributed by atoms with Gasteiger partial charge >= 0.3 is 0 Å². The molecule has 1 rings (SSSR count). The first-order valence-electron chi connectivity index (χ1n) is 5.79. The highest BCUT2D eigenvalue weighted by Gasteiger charge is 2.23. The van der Waals surface area contributed by atoms with Crippen molar-refractivity contribution < 1.29 is 14.3 Å². The van der Waals surface area contributed by atoms with Crippen LogP contribution in [-0.4, -0.2) is 44.9 Å². The van der Waals surface area contributed by atoms with Gasteiger partial charge in [0.15, 0.2) is 5.78 Å². The summed E-state index contributed by atoms with van der Waals surface area (Å²) in [7, 11) is -1.01. The molecule has 0 spiro atoms. The molecule has 1 atom stereocenters. The van der Waals surface area contributed by atoms with Crippen LogP contribution < -0.4 is 0 Å². The van der Waals surface area contributed by atoms with E-state index in [0.717, 1.165) is 24.2 Å². The van der Waals surface area contributed by atoms with Gasteiger partial charge in [-0.1, -0.05) is 19.6 Å². The Morgan fingerprint density at radius 3 is 2.81 bits per heavy atom. The summed E-state index contributed by atoms with van der Waals surface area (Å²) < 4.78 is 10.8. The Morgan fingerprint density at radius 2 is 2.19 bits per heavy atom. The van der Waals surface area contributed by atoms with Crippen LogP contribution in [-0.2, 0) is 14.3 Å². The van der Waals surface area contributed by atoms with Crippen molar-refractivity contribution in [2.24, 2.45) is 0 Å². The number of thioether (sulfide) groups is 1. The van der Waals surface area contributed by atoms with Gasteiger partial charge in [0.25, 0.3) is 0 Å². The van der Waals surface area contributed by atoms with Crippen molar-refractivity contribution in [3.63, 3.8) is 0 Å². The van der Waals surface area contributed by atoms with Crippen LogP contribution in [0.5, 0.6) is 0 Å². The molecule has 0 amide bonds. The molecular formula is C11H22O3SSi. The van der Waals surface area contributed by atoms with E-state index in [1.54, 1.807) is 11.8 Å². The molecule has 0 aliphatic carbocycles. The Labute approximate surface area is 103 Å². The number of rotatable bonds is 6. The van der Waals surface area contributed by atoms with Gasteiger partial charge in [-0.15, -0.1) is 0 Å². The highest BCUT2D eigenvalue weighted by molar-refractivity contribution is 7.99. The summed E-state index contributed by atoms with van der Waals surface area (Å²) in [5.74, 6) is 1.96. The molecule has 1 fully saturated rings. The summed E-state index contributed by atoms with van der Waals surface area (Å²) in [6.07, 6.45) is 0.412. The van der Waals surface area contributed by atoms with Gasteiger partial charge in [-0.05, 0) is 6.04 Å². The fourth-order valence-corrected chi connectivity index (χ4v) is 3.09. The van der Waals surface area contributed by atoms with Crippen molar-refractivity contribution in [3.05, 3.63) is 0 Å². The summed E-state index contributed by atoms with van der Waals surface area (Å²) >= 11 is 1.78. The van der Waals surface area contributed by atoms with Crippen molar-refractivity contribution in [1.82, 2.24) is 0 Å². The van der Waals surface area contributed by atoms with Crippen LogP contribution in [0.3, 0.4) is 0 Å². The molecule has 5 heteroatoms. The minimum atomic E-state index is -1.01. The van der Waals surface area contributed by atoms with Crippen molar-refractivity contribution >= 4 is 25.6 Å². The predicted molar refractivity (Wildman–Crippen MR) is 70.8 cm³/mol. The first-order valence-corrected chi connectivity index (χ1v) is 10.6. The van der Waals surface area contributed by atoms with Crippen LogP contribution in [0.25, 0.3) is 0 Å². The lowest BCUT2D eigenvalue weighted by Gasteiger charge is -2.21. The molecule has 1 saturated heterocycles. The molecule has 0 saturated carbocycles. The summed E-state index contributed by atoms with van der Waals surface area (Å²) in [5.41, 5.74) is 0. The van der Waals surface area contributed by atoms with Gasteiger partial charge in [-0.2, -0.15) is 11.8 Å². The van der Waals surface area contributed by atoms with Crippen LogP contribution in [0.15, 0.2) is 0 Å². The Morgan fingerprint density at radius 1 is 1.44 bits per heavy atom. The topological polar surface area (TPSA) is 35.5 Å². The van der Waals surface area contributed by atoms with Crippen LogP contribution in [0.1, 0.15) is 6.42 Å².